The molecule has 0 radical (unpaired) electrons. The summed E-state index contributed by atoms with van der Waals surface area (Å²) in [6.45, 7) is 0.892. The third kappa shape index (κ3) is 3.27. The van der Waals surface area contributed by atoms with Gasteiger partial charge in [0.1, 0.15) is 5.82 Å². The predicted molar refractivity (Wildman–Crippen MR) is 89.8 cm³/mol. The van der Waals surface area contributed by atoms with E-state index in [0.29, 0.717) is 5.88 Å². The van der Waals surface area contributed by atoms with Crippen LogP contribution in [0.5, 0.6) is 0 Å². The van der Waals surface area contributed by atoms with E-state index in [0.717, 1.165) is 40.7 Å². The normalized spacial score (nSPS) is 11.1. The Morgan fingerprint density at radius 3 is 2.67 bits per heavy atom. The van der Waals surface area contributed by atoms with E-state index in [1.54, 1.807) is 0 Å². The van der Waals surface area contributed by atoms with Crippen LogP contribution in [-0.4, -0.2) is 20.4 Å². The summed E-state index contributed by atoms with van der Waals surface area (Å²) in [6, 6.07) is 10.3. The molecule has 0 spiro atoms. The Bertz CT molecular complexity index is 740. The average molecular weight is 365 g/mol. The molecular weight excluding hydrogens is 350 g/mol. The molecule has 21 heavy (non-hydrogen) atoms. The van der Waals surface area contributed by atoms with Crippen LogP contribution in [0.2, 0.25) is 0 Å². The van der Waals surface area contributed by atoms with Crippen molar-refractivity contribution in [3.05, 3.63) is 58.6 Å². The molecule has 0 atom stereocenters. The standard InChI is InChI=1S/C16H15BrClN3/c17-13-1-2-14-15(11-13)21(16(20-14)3-7-18)10-6-12-4-8-19-9-5-12/h1-2,4-5,8-9,11H,3,6-7,10H2. The number of fused-ring (bicyclic) bond motifs is 1. The largest absolute Gasteiger partial charge is 0.328 e. The highest BCUT2D eigenvalue weighted by molar-refractivity contribution is 9.10. The highest BCUT2D eigenvalue weighted by atomic mass is 79.9. The molecule has 0 N–H and O–H groups in total. The van der Waals surface area contributed by atoms with Crippen LogP contribution in [0.25, 0.3) is 11.0 Å². The maximum Gasteiger partial charge on any atom is 0.111 e. The highest BCUT2D eigenvalue weighted by Crippen LogP contribution is 2.22. The predicted octanol–water partition coefficient (Wildman–Crippen LogP) is 4.22. The zero-order valence-electron chi connectivity index (χ0n) is 11.5. The van der Waals surface area contributed by atoms with Gasteiger partial charge in [0, 0.05) is 35.7 Å². The van der Waals surface area contributed by atoms with E-state index in [1.807, 2.05) is 24.5 Å². The molecule has 3 aromatic rings. The number of aromatic nitrogens is 3. The molecule has 0 bridgehead atoms. The zero-order chi connectivity index (χ0) is 14.7. The fourth-order valence-electron chi connectivity index (χ4n) is 2.46. The number of pyridine rings is 1. The highest BCUT2D eigenvalue weighted by Gasteiger charge is 2.10. The molecule has 0 unspecified atom stereocenters. The summed E-state index contributed by atoms with van der Waals surface area (Å²) in [5.74, 6) is 1.63. The summed E-state index contributed by atoms with van der Waals surface area (Å²) in [6.07, 6.45) is 5.40. The number of hydrogen-bond acceptors (Lipinski definition) is 2. The van der Waals surface area contributed by atoms with Crippen molar-refractivity contribution < 1.29 is 0 Å². The topological polar surface area (TPSA) is 30.7 Å². The second-order valence-corrected chi connectivity index (χ2v) is 6.15. The Hall–Kier alpha value is -1.39. The molecule has 0 amide bonds. The van der Waals surface area contributed by atoms with Gasteiger partial charge in [0.15, 0.2) is 0 Å². The van der Waals surface area contributed by atoms with Gasteiger partial charge < -0.3 is 4.57 Å². The van der Waals surface area contributed by atoms with Crippen LogP contribution in [0.3, 0.4) is 0 Å². The van der Waals surface area contributed by atoms with Crippen LogP contribution in [0.15, 0.2) is 47.2 Å². The average Bonchev–Trinajstić information content (AvgIpc) is 2.83. The number of rotatable bonds is 5. The monoisotopic (exact) mass is 363 g/mol. The number of imidazole rings is 1. The van der Waals surface area contributed by atoms with Crippen LogP contribution >= 0.6 is 27.5 Å². The lowest BCUT2D eigenvalue weighted by Crippen LogP contribution is -2.07. The van der Waals surface area contributed by atoms with Gasteiger partial charge in [-0.25, -0.2) is 4.98 Å². The molecule has 3 nitrogen and oxygen atoms in total. The van der Waals surface area contributed by atoms with E-state index >= 15 is 0 Å². The smallest absolute Gasteiger partial charge is 0.111 e. The molecule has 2 aromatic heterocycles. The van der Waals surface area contributed by atoms with Gasteiger partial charge in [0.2, 0.25) is 0 Å². The van der Waals surface area contributed by atoms with Crippen LogP contribution in [0, 0.1) is 0 Å². The first-order valence-electron chi connectivity index (χ1n) is 6.87. The second kappa shape index (κ2) is 6.58. The van der Waals surface area contributed by atoms with Gasteiger partial charge in [-0.2, -0.15) is 0 Å². The van der Waals surface area contributed by atoms with Crippen molar-refractivity contribution in [2.75, 3.05) is 5.88 Å². The van der Waals surface area contributed by atoms with Gasteiger partial charge >= 0.3 is 0 Å². The van der Waals surface area contributed by atoms with E-state index in [-0.39, 0.29) is 0 Å². The lowest BCUT2D eigenvalue weighted by molar-refractivity contribution is 0.674. The van der Waals surface area contributed by atoms with E-state index in [2.05, 4.69) is 43.7 Å². The van der Waals surface area contributed by atoms with Crippen LogP contribution in [-0.2, 0) is 19.4 Å². The Labute approximate surface area is 137 Å². The molecule has 2 heterocycles. The molecule has 0 saturated carbocycles. The van der Waals surface area contributed by atoms with Gasteiger partial charge in [0.25, 0.3) is 0 Å². The molecule has 5 heteroatoms. The van der Waals surface area contributed by atoms with Gasteiger partial charge in [-0.05, 0) is 42.3 Å². The molecular formula is C16H15BrClN3. The first-order chi connectivity index (χ1) is 10.3. The molecule has 3 rings (SSSR count). The molecule has 0 aliphatic rings. The van der Waals surface area contributed by atoms with Gasteiger partial charge in [-0.15, -0.1) is 11.6 Å². The maximum absolute atomic E-state index is 5.91. The fraction of sp³-hybridized carbons (Fsp3) is 0.250. The van der Waals surface area contributed by atoms with E-state index in [9.17, 15) is 0 Å². The summed E-state index contributed by atoms with van der Waals surface area (Å²) in [5.41, 5.74) is 3.45. The van der Waals surface area contributed by atoms with E-state index < -0.39 is 0 Å². The van der Waals surface area contributed by atoms with Gasteiger partial charge in [-0.1, -0.05) is 15.9 Å². The molecule has 108 valence electrons. The van der Waals surface area contributed by atoms with Crippen molar-refractivity contribution in [1.82, 2.24) is 14.5 Å². The number of nitrogens with zero attached hydrogens (tertiary/aromatic N) is 3. The molecule has 0 aliphatic carbocycles. The van der Waals surface area contributed by atoms with Crippen molar-refractivity contribution in [3.63, 3.8) is 0 Å². The summed E-state index contributed by atoms with van der Waals surface area (Å²) in [4.78, 5) is 8.76. The third-order valence-corrected chi connectivity index (χ3v) is 4.16. The molecule has 1 aromatic carbocycles. The zero-order valence-corrected chi connectivity index (χ0v) is 13.8. The second-order valence-electron chi connectivity index (χ2n) is 4.86. The van der Waals surface area contributed by atoms with Crippen molar-refractivity contribution in [3.8, 4) is 0 Å². The van der Waals surface area contributed by atoms with E-state index in [1.165, 1.54) is 5.56 Å². The van der Waals surface area contributed by atoms with Crippen LogP contribution in [0.4, 0.5) is 0 Å². The minimum Gasteiger partial charge on any atom is -0.328 e. The van der Waals surface area contributed by atoms with E-state index in [4.69, 9.17) is 16.6 Å². The van der Waals surface area contributed by atoms with Crippen molar-refractivity contribution in [2.45, 2.75) is 19.4 Å². The Kier molecular flexibility index (Phi) is 4.56. The van der Waals surface area contributed by atoms with Crippen LogP contribution < -0.4 is 0 Å². The number of halogens is 2. The minimum atomic E-state index is 0.583. The molecule has 0 fully saturated rings. The van der Waals surface area contributed by atoms with Crippen LogP contribution in [0.1, 0.15) is 11.4 Å². The first kappa shape index (κ1) is 14.5. The minimum absolute atomic E-state index is 0.583. The Balaban J connectivity index is 1.94. The molecule has 0 saturated heterocycles. The summed E-state index contributed by atoms with van der Waals surface area (Å²) in [5, 5.41) is 0. The van der Waals surface area contributed by atoms with Gasteiger partial charge in [0.05, 0.1) is 11.0 Å². The summed E-state index contributed by atoms with van der Waals surface area (Å²) in [7, 11) is 0. The summed E-state index contributed by atoms with van der Waals surface area (Å²) < 4.78 is 3.33. The quantitative estimate of drug-likeness (QED) is 0.635. The van der Waals surface area contributed by atoms with Gasteiger partial charge in [-0.3, -0.25) is 4.98 Å². The summed E-state index contributed by atoms with van der Waals surface area (Å²) >= 11 is 9.45. The maximum atomic E-state index is 5.91. The number of alkyl halides is 1. The van der Waals surface area contributed by atoms with Crippen molar-refractivity contribution in [1.29, 1.82) is 0 Å². The molecule has 0 aliphatic heterocycles. The number of hydrogen-bond donors (Lipinski definition) is 0. The fourth-order valence-corrected chi connectivity index (χ4v) is 2.98. The SMILES string of the molecule is ClCCc1nc2ccc(Br)cc2n1CCc1ccncc1. The number of benzene rings is 1. The lowest BCUT2D eigenvalue weighted by Gasteiger charge is -2.08. The van der Waals surface area contributed by atoms with Crippen molar-refractivity contribution in [2.24, 2.45) is 0 Å². The Morgan fingerprint density at radius 1 is 1.10 bits per heavy atom. The first-order valence-corrected chi connectivity index (χ1v) is 8.20. The third-order valence-electron chi connectivity index (χ3n) is 3.48. The number of aryl methyl sites for hydroxylation is 3. The Morgan fingerprint density at radius 2 is 1.90 bits per heavy atom. The van der Waals surface area contributed by atoms with Crippen molar-refractivity contribution >= 4 is 38.6 Å². The lowest BCUT2D eigenvalue weighted by atomic mass is 10.2.